The van der Waals surface area contributed by atoms with Gasteiger partial charge in [0.05, 0.1) is 0 Å². The highest BCUT2D eigenvalue weighted by Crippen LogP contribution is 2.50. The monoisotopic (exact) mass is 394 g/mol. The van der Waals surface area contributed by atoms with Crippen LogP contribution in [0.25, 0.3) is 0 Å². The summed E-state index contributed by atoms with van der Waals surface area (Å²) in [6.07, 6.45) is 0. The Hall–Kier alpha value is -3.06. The van der Waals surface area contributed by atoms with E-state index >= 15 is 0 Å². The normalized spacial score (nSPS) is 15.2. The van der Waals surface area contributed by atoms with Gasteiger partial charge >= 0.3 is 0 Å². The number of hydrogen-bond acceptors (Lipinski definition) is 1. The lowest BCUT2D eigenvalue weighted by atomic mass is 9.69. The molecule has 152 valence electrons. The molecule has 1 nitrogen and oxygen atoms in total. The predicted molar refractivity (Wildman–Crippen MR) is 126 cm³/mol. The van der Waals surface area contributed by atoms with Crippen molar-refractivity contribution in [1.82, 2.24) is 0 Å². The molecule has 0 spiro atoms. The predicted octanol–water partition coefficient (Wildman–Crippen LogP) is 7.52. The first kappa shape index (κ1) is 20.2. The molecule has 30 heavy (non-hydrogen) atoms. The highest BCUT2D eigenvalue weighted by Gasteiger charge is 2.36. The number of benzene rings is 3. The van der Waals surface area contributed by atoms with Crippen LogP contribution in [0, 0.1) is 0 Å². The molecule has 0 radical (unpaired) electrons. The van der Waals surface area contributed by atoms with Gasteiger partial charge in [-0.25, -0.2) is 0 Å². The molecule has 0 bridgehead atoms. The Kier molecular flexibility index (Phi) is 5.15. The molecule has 3 aromatic rings. The van der Waals surface area contributed by atoms with Crippen LogP contribution < -0.4 is 0 Å². The first-order valence-corrected chi connectivity index (χ1v) is 10.7. The summed E-state index contributed by atoms with van der Waals surface area (Å²) in [6.45, 7) is 11.0. The summed E-state index contributed by atoms with van der Waals surface area (Å²) in [5.41, 5.74) is 9.17. The van der Waals surface area contributed by atoms with E-state index in [2.05, 4.69) is 101 Å². The molecule has 0 atom stereocenters. The molecule has 0 fully saturated rings. The number of para-hydroxylation sites is 1. The minimum atomic E-state index is -0.458. The number of aromatic hydroxyl groups is 1. The van der Waals surface area contributed by atoms with Crippen molar-refractivity contribution in [1.29, 1.82) is 0 Å². The minimum Gasteiger partial charge on any atom is -0.507 e. The van der Waals surface area contributed by atoms with E-state index in [0.717, 1.165) is 11.1 Å². The average Bonchev–Trinajstić information content (AvgIpc) is 2.97. The van der Waals surface area contributed by atoms with E-state index in [-0.39, 0.29) is 5.92 Å². The van der Waals surface area contributed by atoms with Crippen molar-refractivity contribution in [2.24, 2.45) is 0 Å². The highest BCUT2D eigenvalue weighted by atomic mass is 16.3. The molecule has 0 amide bonds. The van der Waals surface area contributed by atoms with Crippen LogP contribution in [0.4, 0.5) is 0 Å². The number of hydrogen-bond donors (Lipinski definition) is 1. The minimum absolute atomic E-state index is 0.140. The number of allylic oxidation sites excluding steroid dienone is 4. The van der Waals surface area contributed by atoms with E-state index in [1.165, 1.54) is 33.4 Å². The third kappa shape index (κ3) is 3.01. The molecule has 4 rings (SSSR count). The third-order valence-electron chi connectivity index (χ3n) is 7.23. The van der Waals surface area contributed by atoms with Crippen LogP contribution in [0.5, 0.6) is 5.75 Å². The maximum atomic E-state index is 11.7. The molecule has 0 aliphatic heterocycles. The molecule has 0 unspecified atom stereocenters. The number of phenols is 1. The van der Waals surface area contributed by atoms with Gasteiger partial charge in [0.2, 0.25) is 0 Å². The maximum absolute atomic E-state index is 11.7. The molecule has 0 heterocycles. The van der Waals surface area contributed by atoms with Gasteiger partial charge < -0.3 is 5.11 Å². The van der Waals surface area contributed by atoms with Gasteiger partial charge in [0, 0.05) is 22.5 Å². The van der Waals surface area contributed by atoms with Crippen LogP contribution in [-0.2, 0) is 5.41 Å². The second kappa shape index (κ2) is 7.65. The topological polar surface area (TPSA) is 20.2 Å². The zero-order valence-electron chi connectivity index (χ0n) is 18.5. The molecule has 0 saturated heterocycles. The Bertz CT molecular complexity index is 1070. The van der Waals surface area contributed by atoms with Crippen LogP contribution in [-0.4, -0.2) is 5.11 Å². The molecular formula is C29H30O. The zero-order valence-corrected chi connectivity index (χ0v) is 18.5. The van der Waals surface area contributed by atoms with Gasteiger partial charge in [0.1, 0.15) is 5.75 Å². The van der Waals surface area contributed by atoms with E-state index in [0.29, 0.717) is 5.75 Å². The molecule has 1 aliphatic rings. The lowest BCUT2D eigenvalue weighted by Gasteiger charge is -2.33. The van der Waals surface area contributed by atoms with E-state index in [1.807, 2.05) is 12.1 Å². The first-order valence-electron chi connectivity index (χ1n) is 10.7. The highest BCUT2D eigenvalue weighted by molar-refractivity contribution is 5.62. The SMILES string of the molecule is CC1=C(C)C(c2cccc(C(C)(c3ccccc3)c3ccccc3)c2O)C(C)=C1C. The fourth-order valence-corrected chi connectivity index (χ4v) is 5.03. The summed E-state index contributed by atoms with van der Waals surface area (Å²) in [5, 5.41) is 11.7. The Labute approximate surface area is 180 Å². The van der Waals surface area contributed by atoms with Gasteiger partial charge in [0.15, 0.2) is 0 Å². The lowest BCUT2D eigenvalue weighted by Crippen LogP contribution is -2.26. The smallest absolute Gasteiger partial charge is 0.124 e. The Balaban J connectivity index is 1.96. The molecular weight excluding hydrogens is 364 g/mol. The van der Waals surface area contributed by atoms with Crippen molar-refractivity contribution in [3.8, 4) is 5.75 Å². The van der Waals surface area contributed by atoms with Gasteiger partial charge in [-0.2, -0.15) is 0 Å². The molecule has 3 aromatic carbocycles. The summed E-state index contributed by atoms with van der Waals surface area (Å²) in [7, 11) is 0. The Morgan fingerprint density at radius 1 is 0.633 bits per heavy atom. The quantitative estimate of drug-likeness (QED) is 0.454. The van der Waals surface area contributed by atoms with E-state index in [1.54, 1.807) is 0 Å². The second-order valence-electron chi connectivity index (χ2n) is 8.65. The van der Waals surface area contributed by atoms with Crippen molar-refractivity contribution in [2.75, 3.05) is 0 Å². The van der Waals surface area contributed by atoms with Crippen LogP contribution in [0.1, 0.15) is 62.8 Å². The second-order valence-corrected chi connectivity index (χ2v) is 8.65. The molecule has 1 N–H and O–H groups in total. The van der Waals surface area contributed by atoms with Crippen LogP contribution >= 0.6 is 0 Å². The third-order valence-corrected chi connectivity index (χ3v) is 7.23. The summed E-state index contributed by atoms with van der Waals surface area (Å²) in [4.78, 5) is 0. The molecule has 0 aromatic heterocycles. The fraction of sp³-hybridized carbons (Fsp3) is 0.241. The van der Waals surface area contributed by atoms with Gasteiger partial charge in [-0.3, -0.25) is 0 Å². The Morgan fingerprint density at radius 3 is 1.57 bits per heavy atom. The van der Waals surface area contributed by atoms with Gasteiger partial charge in [-0.15, -0.1) is 0 Å². The standard InChI is InChI=1S/C29H30O/c1-19-20(2)22(4)27(21(19)3)25-17-12-18-26(28(25)30)29(5,23-13-8-6-9-14-23)24-15-10-7-11-16-24/h6-18,27,30H,1-5H3. The van der Waals surface area contributed by atoms with Gasteiger partial charge in [0.25, 0.3) is 0 Å². The Morgan fingerprint density at radius 2 is 1.10 bits per heavy atom. The largest absolute Gasteiger partial charge is 0.507 e. The van der Waals surface area contributed by atoms with Crippen LogP contribution in [0.3, 0.4) is 0 Å². The number of rotatable bonds is 4. The zero-order chi connectivity index (χ0) is 21.5. The van der Waals surface area contributed by atoms with E-state index in [9.17, 15) is 5.11 Å². The molecule has 1 heteroatoms. The summed E-state index contributed by atoms with van der Waals surface area (Å²) in [6, 6.07) is 27.2. The number of phenolic OH excluding ortho intramolecular Hbond substituents is 1. The van der Waals surface area contributed by atoms with Crippen molar-refractivity contribution in [2.45, 2.75) is 46.0 Å². The first-order chi connectivity index (χ1) is 14.4. The van der Waals surface area contributed by atoms with Gasteiger partial charge in [-0.05, 0) is 56.9 Å². The average molecular weight is 395 g/mol. The maximum Gasteiger partial charge on any atom is 0.124 e. The summed E-state index contributed by atoms with van der Waals surface area (Å²) >= 11 is 0. The molecule has 1 aliphatic carbocycles. The van der Waals surface area contributed by atoms with Crippen molar-refractivity contribution >= 4 is 0 Å². The van der Waals surface area contributed by atoms with E-state index in [4.69, 9.17) is 0 Å². The van der Waals surface area contributed by atoms with Gasteiger partial charge in [-0.1, -0.05) is 90.0 Å². The summed E-state index contributed by atoms with van der Waals surface area (Å²) < 4.78 is 0. The van der Waals surface area contributed by atoms with Crippen LogP contribution in [0.15, 0.2) is 101 Å². The van der Waals surface area contributed by atoms with Crippen molar-refractivity contribution in [3.05, 3.63) is 123 Å². The van der Waals surface area contributed by atoms with Crippen molar-refractivity contribution < 1.29 is 5.11 Å². The van der Waals surface area contributed by atoms with Crippen LogP contribution in [0.2, 0.25) is 0 Å². The lowest BCUT2D eigenvalue weighted by molar-refractivity contribution is 0.449. The van der Waals surface area contributed by atoms with E-state index < -0.39 is 5.41 Å². The molecule has 0 saturated carbocycles. The summed E-state index contributed by atoms with van der Waals surface area (Å²) in [5.74, 6) is 0.541. The van der Waals surface area contributed by atoms with Crippen molar-refractivity contribution in [3.63, 3.8) is 0 Å². The fourth-order valence-electron chi connectivity index (χ4n) is 5.03.